The Morgan fingerprint density at radius 3 is 3.00 bits per heavy atom. The van der Waals surface area contributed by atoms with Gasteiger partial charge in [0.2, 0.25) is 0 Å². The zero-order chi connectivity index (χ0) is 14.8. The quantitative estimate of drug-likeness (QED) is 0.852. The molecule has 1 unspecified atom stereocenters. The molecule has 1 atom stereocenters. The van der Waals surface area contributed by atoms with Crippen molar-refractivity contribution in [2.75, 3.05) is 6.54 Å². The first-order valence-corrected chi connectivity index (χ1v) is 8.17. The van der Waals surface area contributed by atoms with Crippen LogP contribution in [-0.4, -0.2) is 16.6 Å². The predicted octanol–water partition coefficient (Wildman–Crippen LogP) is 3.64. The number of nitrogens with zero attached hydrogens (tertiary/aromatic N) is 1. The molecule has 1 heterocycles. The summed E-state index contributed by atoms with van der Waals surface area (Å²) < 4.78 is 13.3. The molecule has 3 nitrogen and oxygen atoms in total. The van der Waals surface area contributed by atoms with Gasteiger partial charge in [-0.15, -0.1) is 11.3 Å². The van der Waals surface area contributed by atoms with Crippen LogP contribution in [0.3, 0.4) is 0 Å². The van der Waals surface area contributed by atoms with Crippen LogP contribution in [0.15, 0.2) is 23.6 Å². The van der Waals surface area contributed by atoms with Gasteiger partial charge in [-0.05, 0) is 30.5 Å². The second-order valence-electron chi connectivity index (χ2n) is 5.27. The first kappa shape index (κ1) is 14.9. The van der Waals surface area contributed by atoms with Crippen molar-refractivity contribution in [1.29, 1.82) is 0 Å². The average molecular weight is 327 g/mol. The summed E-state index contributed by atoms with van der Waals surface area (Å²) >= 11 is 7.32. The molecule has 21 heavy (non-hydrogen) atoms. The Morgan fingerprint density at radius 2 is 2.29 bits per heavy atom. The Bertz CT molecular complexity index is 630. The van der Waals surface area contributed by atoms with Crippen LogP contribution in [0.2, 0.25) is 5.02 Å². The van der Waals surface area contributed by atoms with E-state index in [1.807, 2.05) is 0 Å². The van der Waals surface area contributed by atoms with E-state index < -0.39 is 11.9 Å². The summed E-state index contributed by atoms with van der Waals surface area (Å²) in [7, 11) is 0. The summed E-state index contributed by atoms with van der Waals surface area (Å²) in [5, 5.41) is 16.5. The lowest BCUT2D eigenvalue weighted by Crippen LogP contribution is -2.21. The molecule has 1 aromatic carbocycles. The maximum Gasteiger partial charge on any atom is 0.142 e. The van der Waals surface area contributed by atoms with Crippen LogP contribution in [0.5, 0.6) is 0 Å². The molecule has 2 aromatic rings. The molecule has 0 radical (unpaired) electrons. The topological polar surface area (TPSA) is 45.1 Å². The van der Waals surface area contributed by atoms with Gasteiger partial charge in [0.25, 0.3) is 0 Å². The van der Waals surface area contributed by atoms with Gasteiger partial charge < -0.3 is 10.4 Å². The van der Waals surface area contributed by atoms with Crippen molar-refractivity contribution in [1.82, 2.24) is 10.3 Å². The number of thiazole rings is 1. The van der Waals surface area contributed by atoms with Crippen molar-refractivity contribution in [2.45, 2.75) is 31.4 Å². The molecule has 6 heteroatoms. The highest BCUT2D eigenvalue weighted by atomic mass is 35.5. The minimum atomic E-state index is -0.765. The molecule has 2 N–H and O–H groups in total. The van der Waals surface area contributed by atoms with Crippen molar-refractivity contribution < 1.29 is 9.50 Å². The standard InChI is InChI=1S/C15H16ClFN2OS/c16-12-4-3-10(5-13(12)17)14(20)7-18-6-11-8-21-15(19-11)9-1-2-9/h3-5,8-9,14,18,20H,1-2,6-7H2. The molecule has 3 rings (SSSR count). The third-order valence-corrected chi connectivity index (χ3v) is 4.83. The third kappa shape index (κ3) is 3.80. The zero-order valence-corrected chi connectivity index (χ0v) is 12.9. The lowest BCUT2D eigenvalue weighted by atomic mass is 10.1. The van der Waals surface area contributed by atoms with Crippen LogP contribution in [0, 0.1) is 5.82 Å². The van der Waals surface area contributed by atoms with Gasteiger partial charge in [-0.25, -0.2) is 9.37 Å². The molecular formula is C15H16ClFN2OS. The summed E-state index contributed by atoms with van der Waals surface area (Å²) in [4.78, 5) is 4.56. The highest BCUT2D eigenvalue weighted by Crippen LogP contribution is 2.41. The van der Waals surface area contributed by atoms with Gasteiger partial charge in [0, 0.05) is 24.4 Å². The lowest BCUT2D eigenvalue weighted by Gasteiger charge is -2.12. The van der Waals surface area contributed by atoms with Gasteiger partial charge >= 0.3 is 0 Å². The van der Waals surface area contributed by atoms with E-state index in [0.29, 0.717) is 24.6 Å². The van der Waals surface area contributed by atoms with Gasteiger partial charge in [-0.1, -0.05) is 17.7 Å². The Balaban J connectivity index is 1.50. The molecule has 0 aliphatic heterocycles. The number of rotatable bonds is 6. The minimum Gasteiger partial charge on any atom is -0.387 e. The SMILES string of the molecule is OC(CNCc1csc(C2CC2)n1)c1ccc(Cl)c(F)c1. The maximum atomic E-state index is 13.3. The minimum absolute atomic E-state index is 0.0639. The van der Waals surface area contributed by atoms with Crippen molar-refractivity contribution in [3.05, 3.63) is 50.7 Å². The fourth-order valence-corrected chi connectivity index (χ4v) is 3.20. The van der Waals surface area contributed by atoms with E-state index in [1.54, 1.807) is 17.4 Å². The highest BCUT2D eigenvalue weighted by Gasteiger charge is 2.26. The first-order valence-electron chi connectivity index (χ1n) is 6.91. The molecular weight excluding hydrogens is 311 g/mol. The van der Waals surface area contributed by atoms with Crippen molar-refractivity contribution in [2.24, 2.45) is 0 Å². The smallest absolute Gasteiger partial charge is 0.142 e. The Labute approximate surface area is 131 Å². The van der Waals surface area contributed by atoms with E-state index in [9.17, 15) is 9.50 Å². The molecule has 0 bridgehead atoms. The summed E-state index contributed by atoms with van der Waals surface area (Å²) in [6.07, 6.45) is 1.74. The Kier molecular flexibility index (Phi) is 4.54. The van der Waals surface area contributed by atoms with E-state index in [4.69, 9.17) is 11.6 Å². The van der Waals surface area contributed by atoms with Gasteiger partial charge in [0.05, 0.1) is 21.8 Å². The molecule has 1 saturated carbocycles. The van der Waals surface area contributed by atoms with Gasteiger partial charge in [0.15, 0.2) is 0 Å². The number of hydrogen-bond acceptors (Lipinski definition) is 4. The molecule has 1 fully saturated rings. The van der Waals surface area contributed by atoms with Crippen LogP contribution >= 0.6 is 22.9 Å². The van der Waals surface area contributed by atoms with Crippen LogP contribution in [0.25, 0.3) is 0 Å². The summed E-state index contributed by atoms with van der Waals surface area (Å²) in [5.74, 6) is 0.160. The van der Waals surface area contributed by atoms with E-state index in [-0.39, 0.29) is 5.02 Å². The predicted molar refractivity (Wildman–Crippen MR) is 82.2 cm³/mol. The number of halogens is 2. The van der Waals surface area contributed by atoms with Crippen molar-refractivity contribution in [3.8, 4) is 0 Å². The second kappa shape index (κ2) is 6.40. The van der Waals surface area contributed by atoms with Crippen LogP contribution in [0.4, 0.5) is 4.39 Å². The third-order valence-electron chi connectivity index (χ3n) is 3.47. The van der Waals surface area contributed by atoms with Crippen molar-refractivity contribution in [3.63, 3.8) is 0 Å². The number of nitrogens with one attached hydrogen (secondary N) is 1. The van der Waals surface area contributed by atoms with Gasteiger partial charge in [0.1, 0.15) is 5.82 Å². The fourth-order valence-electron chi connectivity index (χ4n) is 2.10. The van der Waals surface area contributed by atoms with E-state index in [1.165, 1.54) is 30.0 Å². The Hall–Kier alpha value is -1.01. The van der Waals surface area contributed by atoms with Crippen molar-refractivity contribution >= 4 is 22.9 Å². The number of hydrogen-bond donors (Lipinski definition) is 2. The van der Waals surface area contributed by atoms with E-state index >= 15 is 0 Å². The summed E-state index contributed by atoms with van der Waals surface area (Å²) in [5.41, 5.74) is 1.51. The molecule has 1 aliphatic carbocycles. The van der Waals surface area contributed by atoms with Gasteiger partial charge in [-0.3, -0.25) is 0 Å². The monoisotopic (exact) mass is 326 g/mol. The highest BCUT2D eigenvalue weighted by molar-refractivity contribution is 7.09. The number of aliphatic hydroxyl groups excluding tert-OH is 1. The number of aliphatic hydroxyl groups is 1. The lowest BCUT2D eigenvalue weighted by molar-refractivity contribution is 0.174. The molecule has 112 valence electrons. The van der Waals surface area contributed by atoms with Crippen LogP contribution < -0.4 is 5.32 Å². The fraction of sp³-hybridized carbons (Fsp3) is 0.400. The maximum absolute atomic E-state index is 13.3. The second-order valence-corrected chi connectivity index (χ2v) is 6.57. The first-order chi connectivity index (χ1) is 10.1. The molecule has 0 spiro atoms. The van der Waals surface area contributed by atoms with Crippen LogP contribution in [-0.2, 0) is 6.54 Å². The summed E-state index contributed by atoms with van der Waals surface area (Å²) in [6.45, 7) is 0.952. The zero-order valence-electron chi connectivity index (χ0n) is 11.4. The molecule has 1 aromatic heterocycles. The number of aromatic nitrogens is 1. The van der Waals surface area contributed by atoms with Crippen LogP contribution in [0.1, 0.15) is 41.1 Å². The normalized spacial score (nSPS) is 16.1. The van der Waals surface area contributed by atoms with Gasteiger partial charge in [-0.2, -0.15) is 0 Å². The summed E-state index contributed by atoms with van der Waals surface area (Å²) in [6, 6.07) is 4.35. The molecule has 0 saturated heterocycles. The molecule has 0 amide bonds. The number of benzene rings is 1. The Morgan fingerprint density at radius 1 is 1.48 bits per heavy atom. The van der Waals surface area contributed by atoms with E-state index in [0.717, 1.165) is 5.69 Å². The average Bonchev–Trinajstić information content (AvgIpc) is 3.22. The molecule has 1 aliphatic rings. The van der Waals surface area contributed by atoms with E-state index in [2.05, 4.69) is 15.7 Å². The largest absolute Gasteiger partial charge is 0.387 e.